The molecule has 21 heavy (non-hydrogen) atoms. The Hall–Kier alpha value is -1.76. The van der Waals surface area contributed by atoms with Gasteiger partial charge in [0, 0.05) is 19.0 Å². The first-order valence-electron chi connectivity index (χ1n) is 6.63. The van der Waals surface area contributed by atoms with Gasteiger partial charge in [-0.25, -0.2) is 13.1 Å². The van der Waals surface area contributed by atoms with E-state index in [0.717, 1.165) is 11.1 Å². The molecule has 0 fully saturated rings. The van der Waals surface area contributed by atoms with Gasteiger partial charge in [-0.05, 0) is 37.1 Å². The van der Waals surface area contributed by atoms with E-state index in [1.165, 1.54) is 0 Å². The molecule has 6 heteroatoms. The van der Waals surface area contributed by atoms with Crippen LogP contribution in [-0.2, 0) is 10.0 Å². The van der Waals surface area contributed by atoms with Crippen molar-refractivity contribution in [1.82, 2.24) is 9.71 Å². The Bertz CT molecular complexity index is 670. The second kappa shape index (κ2) is 6.80. The summed E-state index contributed by atoms with van der Waals surface area (Å²) in [4.78, 5) is 4.19. The van der Waals surface area contributed by atoms with Crippen LogP contribution < -0.4 is 4.72 Å². The summed E-state index contributed by atoms with van der Waals surface area (Å²) in [5.41, 5.74) is 1.72. The third-order valence-electron chi connectivity index (χ3n) is 3.13. The molecule has 2 N–H and O–H groups in total. The van der Waals surface area contributed by atoms with Crippen LogP contribution in [0.25, 0.3) is 0 Å². The van der Waals surface area contributed by atoms with E-state index in [1.54, 1.807) is 48.8 Å². The van der Waals surface area contributed by atoms with Gasteiger partial charge in [0.15, 0.2) is 0 Å². The Morgan fingerprint density at radius 1 is 1.24 bits per heavy atom. The maximum Gasteiger partial charge on any atom is 0.241 e. The molecule has 1 aromatic heterocycles. The van der Waals surface area contributed by atoms with Crippen molar-refractivity contribution < 1.29 is 13.5 Å². The van der Waals surface area contributed by atoms with E-state index in [4.69, 9.17) is 5.11 Å². The molecule has 0 aliphatic heterocycles. The van der Waals surface area contributed by atoms with Crippen LogP contribution in [0.2, 0.25) is 0 Å². The molecule has 0 aliphatic carbocycles. The Labute approximate surface area is 124 Å². The zero-order chi connectivity index (χ0) is 15.3. The van der Waals surface area contributed by atoms with Gasteiger partial charge in [0.25, 0.3) is 0 Å². The second-order valence-corrected chi connectivity index (χ2v) is 6.50. The minimum absolute atomic E-state index is 0.115. The van der Waals surface area contributed by atoms with Crippen LogP contribution in [0.3, 0.4) is 0 Å². The fraction of sp³-hybridized carbons (Fsp3) is 0.267. The predicted octanol–water partition coefficient (Wildman–Crippen LogP) is 1.79. The highest BCUT2D eigenvalue weighted by atomic mass is 32.2. The maximum atomic E-state index is 12.4. The van der Waals surface area contributed by atoms with E-state index in [1.807, 2.05) is 6.92 Å². The summed E-state index contributed by atoms with van der Waals surface area (Å²) in [6.07, 6.45) is 3.50. The van der Waals surface area contributed by atoms with E-state index in [0.29, 0.717) is 0 Å². The van der Waals surface area contributed by atoms with E-state index in [9.17, 15) is 8.42 Å². The van der Waals surface area contributed by atoms with Crippen molar-refractivity contribution >= 4 is 10.0 Å². The molecule has 1 aromatic carbocycles. The van der Waals surface area contributed by atoms with Crippen LogP contribution in [0.5, 0.6) is 0 Å². The number of pyridine rings is 1. The molecular formula is C15H18N2O3S. The van der Waals surface area contributed by atoms with Gasteiger partial charge in [0.05, 0.1) is 10.9 Å². The lowest BCUT2D eigenvalue weighted by molar-refractivity contribution is 0.272. The molecule has 1 atom stereocenters. The highest BCUT2D eigenvalue weighted by molar-refractivity contribution is 7.89. The number of rotatable bonds is 6. The molecule has 2 aromatic rings. The van der Waals surface area contributed by atoms with Crippen LogP contribution in [0.1, 0.15) is 23.6 Å². The molecule has 2 rings (SSSR count). The third kappa shape index (κ3) is 4.10. The van der Waals surface area contributed by atoms with Crippen molar-refractivity contribution in [3.8, 4) is 0 Å². The number of hydrogen-bond donors (Lipinski definition) is 2. The zero-order valence-electron chi connectivity index (χ0n) is 11.7. The van der Waals surface area contributed by atoms with Gasteiger partial charge in [-0.1, -0.05) is 23.8 Å². The fourth-order valence-corrected chi connectivity index (χ4v) is 3.24. The highest BCUT2D eigenvalue weighted by Crippen LogP contribution is 2.19. The Balaban J connectivity index is 2.25. The smallest absolute Gasteiger partial charge is 0.241 e. The monoisotopic (exact) mass is 306 g/mol. The van der Waals surface area contributed by atoms with Gasteiger partial charge in [-0.15, -0.1) is 0 Å². The summed E-state index contributed by atoms with van der Waals surface area (Å²) in [5.74, 6) is 0. The first-order chi connectivity index (χ1) is 10.0. The highest BCUT2D eigenvalue weighted by Gasteiger charge is 2.21. The molecule has 0 spiro atoms. The normalized spacial score (nSPS) is 13.0. The minimum atomic E-state index is -3.64. The Kier molecular flexibility index (Phi) is 5.06. The molecule has 0 amide bonds. The van der Waals surface area contributed by atoms with Gasteiger partial charge in [0.2, 0.25) is 10.0 Å². The predicted molar refractivity (Wildman–Crippen MR) is 80.2 cm³/mol. The average molecular weight is 306 g/mol. The first kappa shape index (κ1) is 15.6. The van der Waals surface area contributed by atoms with Crippen molar-refractivity contribution in [3.63, 3.8) is 0 Å². The fourth-order valence-electron chi connectivity index (χ4n) is 1.98. The number of hydrogen-bond acceptors (Lipinski definition) is 4. The maximum absolute atomic E-state index is 12.4. The van der Waals surface area contributed by atoms with Crippen molar-refractivity contribution in [2.45, 2.75) is 24.3 Å². The van der Waals surface area contributed by atoms with Gasteiger partial charge in [-0.2, -0.15) is 0 Å². The van der Waals surface area contributed by atoms with Crippen molar-refractivity contribution in [2.75, 3.05) is 6.61 Å². The molecular weight excluding hydrogens is 288 g/mol. The standard InChI is InChI=1S/C15H18N2O3S/c1-12-4-6-14(7-5-12)21(19,20)17-15(8-10-18)13-3-2-9-16-11-13/h2-7,9,11,15,17-18H,8,10H2,1H3. The lowest BCUT2D eigenvalue weighted by Crippen LogP contribution is -2.29. The number of nitrogens with zero attached hydrogens (tertiary/aromatic N) is 1. The number of aliphatic hydroxyl groups is 1. The molecule has 1 unspecified atom stereocenters. The Morgan fingerprint density at radius 3 is 2.52 bits per heavy atom. The summed E-state index contributed by atoms with van der Waals surface area (Å²) in [6.45, 7) is 1.78. The molecule has 1 heterocycles. The van der Waals surface area contributed by atoms with E-state index >= 15 is 0 Å². The SMILES string of the molecule is Cc1ccc(S(=O)(=O)NC(CCO)c2cccnc2)cc1. The summed E-state index contributed by atoms with van der Waals surface area (Å²) in [5, 5.41) is 9.15. The van der Waals surface area contributed by atoms with E-state index in [-0.39, 0.29) is 17.9 Å². The molecule has 5 nitrogen and oxygen atoms in total. The van der Waals surface area contributed by atoms with Gasteiger partial charge in [0.1, 0.15) is 0 Å². The lowest BCUT2D eigenvalue weighted by atomic mass is 10.1. The molecule has 0 aliphatic rings. The van der Waals surface area contributed by atoms with Crippen LogP contribution in [0, 0.1) is 6.92 Å². The molecule has 112 valence electrons. The van der Waals surface area contributed by atoms with Crippen molar-refractivity contribution in [1.29, 1.82) is 0 Å². The number of aliphatic hydroxyl groups excluding tert-OH is 1. The second-order valence-electron chi connectivity index (χ2n) is 4.79. The Morgan fingerprint density at radius 2 is 1.95 bits per heavy atom. The number of benzene rings is 1. The number of aryl methyl sites for hydroxylation is 1. The largest absolute Gasteiger partial charge is 0.396 e. The number of aromatic nitrogens is 1. The summed E-state index contributed by atoms with van der Waals surface area (Å²) >= 11 is 0. The van der Waals surface area contributed by atoms with E-state index in [2.05, 4.69) is 9.71 Å². The summed E-state index contributed by atoms with van der Waals surface area (Å²) in [6, 6.07) is 9.65. The van der Waals surface area contributed by atoms with E-state index < -0.39 is 16.1 Å². The summed E-state index contributed by atoms with van der Waals surface area (Å²) in [7, 11) is -3.64. The van der Waals surface area contributed by atoms with Crippen LogP contribution in [0.4, 0.5) is 0 Å². The molecule has 0 bridgehead atoms. The van der Waals surface area contributed by atoms with Gasteiger partial charge in [-0.3, -0.25) is 4.98 Å². The van der Waals surface area contributed by atoms with Crippen molar-refractivity contribution in [2.24, 2.45) is 0 Å². The number of nitrogens with one attached hydrogen (secondary N) is 1. The van der Waals surface area contributed by atoms with Crippen LogP contribution in [-0.4, -0.2) is 25.1 Å². The van der Waals surface area contributed by atoms with Crippen LogP contribution in [0.15, 0.2) is 53.7 Å². The molecule has 0 saturated heterocycles. The van der Waals surface area contributed by atoms with Gasteiger partial charge < -0.3 is 5.11 Å². The van der Waals surface area contributed by atoms with Crippen molar-refractivity contribution in [3.05, 3.63) is 59.9 Å². The minimum Gasteiger partial charge on any atom is -0.396 e. The zero-order valence-corrected chi connectivity index (χ0v) is 12.5. The quantitative estimate of drug-likeness (QED) is 0.853. The number of sulfonamides is 1. The average Bonchev–Trinajstić information content (AvgIpc) is 2.48. The van der Waals surface area contributed by atoms with Crippen LogP contribution >= 0.6 is 0 Å². The summed E-state index contributed by atoms with van der Waals surface area (Å²) < 4.78 is 27.4. The van der Waals surface area contributed by atoms with Gasteiger partial charge >= 0.3 is 0 Å². The molecule has 0 saturated carbocycles. The lowest BCUT2D eigenvalue weighted by Gasteiger charge is -2.18. The molecule has 0 radical (unpaired) electrons. The topological polar surface area (TPSA) is 79.3 Å². The first-order valence-corrected chi connectivity index (χ1v) is 8.11. The third-order valence-corrected chi connectivity index (χ3v) is 4.62.